The third kappa shape index (κ3) is 6.01. The quantitative estimate of drug-likeness (QED) is 0.132. The van der Waals surface area contributed by atoms with E-state index in [0.29, 0.717) is 0 Å². The number of para-hydroxylation sites is 2. The second kappa shape index (κ2) is 13.2. The van der Waals surface area contributed by atoms with Crippen molar-refractivity contribution in [3.63, 3.8) is 0 Å². The van der Waals surface area contributed by atoms with E-state index in [0.717, 1.165) is 50.6 Å². The first kappa shape index (κ1) is 32.3. The van der Waals surface area contributed by atoms with E-state index in [1.54, 1.807) is 0 Å². The van der Waals surface area contributed by atoms with Gasteiger partial charge in [0.2, 0.25) is 0 Å². The van der Waals surface area contributed by atoms with Crippen molar-refractivity contribution in [3.8, 4) is 22.5 Å². The summed E-state index contributed by atoms with van der Waals surface area (Å²) in [5.41, 5.74) is 10.8. The smallest absolute Gasteiger partial charge is 0.193 e. The van der Waals surface area contributed by atoms with Crippen molar-refractivity contribution in [2.24, 2.45) is 0 Å². The summed E-state index contributed by atoms with van der Waals surface area (Å²) in [6, 6.07) is 44.1. The van der Waals surface area contributed by atoms with E-state index in [1.807, 2.05) is 54.9 Å². The van der Waals surface area contributed by atoms with Crippen LogP contribution in [0.5, 0.6) is 0 Å². The van der Waals surface area contributed by atoms with Crippen LogP contribution in [0, 0.1) is 32.9 Å². The standard InChI is InChI=1S/C28H23N2OSi.C13H12N.Ir/c1-19-16-17-22(29-18-19)21-12-9-14-24-26(21)27-28(31-24)30(20-10-5-4-6-11-20)23-13-7-8-15-25(23)32(27,2)3;1-10-8-13(14-9-11(10)2)12-6-4-3-5-7-12;/h4-11,13-18H,1-3H3;3-6,8-9H,1-2H3;/q2*-1;. The summed E-state index contributed by atoms with van der Waals surface area (Å²) in [6.07, 6.45) is 3.83. The predicted octanol–water partition coefficient (Wildman–Crippen LogP) is 9.37. The Morgan fingerprint density at radius 1 is 0.702 bits per heavy atom. The molecule has 0 aliphatic carbocycles. The average Bonchev–Trinajstić information content (AvgIpc) is 3.48. The van der Waals surface area contributed by atoms with Crippen LogP contribution in [0.3, 0.4) is 0 Å². The van der Waals surface area contributed by atoms with Crippen LogP contribution in [0.2, 0.25) is 13.1 Å². The molecule has 7 aromatic rings. The number of hydrogen-bond acceptors (Lipinski definition) is 4. The first-order valence-electron chi connectivity index (χ1n) is 15.6. The van der Waals surface area contributed by atoms with E-state index in [-0.39, 0.29) is 20.1 Å². The molecule has 1 aliphatic heterocycles. The minimum absolute atomic E-state index is 0. The van der Waals surface area contributed by atoms with Gasteiger partial charge in [-0.3, -0.25) is 4.90 Å². The molecule has 0 atom stereocenters. The molecule has 0 saturated carbocycles. The van der Waals surface area contributed by atoms with Crippen molar-refractivity contribution in [2.45, 2.75) is 33.9 Å². The monoisotopic (exact) mass is 806 g/mol. The van der Waals surface area contributed by atoms with E-state index < -0.39 is 8.07 Å². The van der Waals surface area contributed by atoms with Gasteiger partial charge in [0.25, 0.3) is 0 Å². The van der Waals surface area contributed by atoms with Gasteiger partial charge in [0, 0.05) is 43.9 Å². The van der Waals surface area contributed by atoms with Crippen LogP contribution >= 0.6 is 0 Å². The summed E-state index contributed by atoms with van der Waals surface area (Å²) in [6.45, 7) is 11.1. The van der Waals surface area contributed by atoms with Gasteiger partial charge in [-0.15, -0.1) is 53.6 Å². The maximum Gasteiger partial charge on any atom is 0.193 e. The average molecular weight is 806 g/mol. The summed E-state index contributed by atoms with van der Waals surface area (Å²) in [4.78, 5) is 11.4. The molecule has 0 spiro atoms. The maximum atomic E-state index is 6.65. The minimum atomic E-state index is -2.08. The number of aryl methyl sites for hydroxylation is 3. The summed E-state index contributed by atoms with van der Waals surface area (Å²) in [5, 5.41) is 3.86. The molecule has 4 heterocycles. The number of pyridine rings is 2. The number of rotatable bonds is 3. The molecular formula is C41H35IrN3OSi-2. The van der Waals surface area contributed by atoms with E-state index in [4.69, 9.17) is 9.40 Å². The number of aromatic nitrogens is 2. The normalized spacial score (nSPS) is 12.7. The van der Waals surface area contributed by atoms with E-state index in [1.165, 1.54) is 27.2 Å². The third-order valence-corrected chi connectivity index (χ3v) is 12.3. The topological polar surface area (TPSA) is 42.2 Å². The molecule has 0 N–H and O–H groups in total. The molecular weight excluding hydrogens is 771 g/mol. The van der Waals surface area contributed by atoms with Gasteiger partial charge < -0.3 is 14.4 Å². The SMILES string of the molecule is Cc1ccc(-c2[c-]ccc3oc4c(c23)[Si](C)(C)c2ccccc2N4c2ccccc2)nc1.Cc1cnc(-c2[c-]cccc2)cc1C.[Ir]. The molecule has 0 fully saturated rings. The van der Waals surface area contributed by atoms with Gasteiger partial charge in [0.05, 0.1) is 5.58 Å². The molecule has 0 bridgehead atoms. The second-order valence-corrected chi connectivity index (χ2v) is 16.6. The van der Waals surface area contributed by atoms with E-state index in [2.05, 4.69) is 123 Å². The van der Waals surface area contributed by atoms with Crippen LogP contribution in [-0.2, 0) is 20.1 Å². The van der Waals surface area contributed by atoms with Crippen LogP contribution < -0.4 is 15.3 Å². The molecule has 1 radical (unpaired) electrons. The fourth-order valence-corrected chi connectivity index (χ4v) is 9.42. The first-order valence-corrected chi connectivity index (χ1v) is 18.6. The zero-order chi connectivity index (χ0) is 31.8. The molecule has 6 heteroatoms. The summed E-state index contributed by atoms with van der Waals surface area (Å²) in [7, 11) is -2.08. The number of fused-ring (bicyclic) bond motifs is 4. The van der Waals surface area contributed by atoms with Crippen molar-refractivity contribution >= 4 is 46.7 Å². The van der Waals surface area contributed by atoms with Crippen molar-refractivity contribution < 1.29 is 24.5 Å². The number of anilines is 3. The Balaban J connectivity index is 0.000000217. The zero-order valence-electron chi connectivity index (χ0n) is 27.1. The largest absolute Gasteiger partial charge is 0.460 e. The van der Waals surface area contributed by atoms with Crippen LogP contribution in [0.15, 0.2) is 126 Å². The first-order chi connectivity index (χ1) is 22.3. The maximum absolute atomic E-state index is 6.65. The molecule has 0 saturated heterocycles. The summed E-state index contributed by atoms with van der Waals surface area (Å²) < 4.78 is 6.65. The predicted molar refractivity (Wildman–Crippen MR) is 192 cm³/mol. The van der Waals surface area contributed by atoms with Crippen molar-refractivity contribution in [1.29, 1.82) is 0 Å². The van der Waals surface area contributed by atoms with Gasteiger partial charge in [-0.1, -0.05) is 84.7 Å². The number of furan rings is 1. The van der Waals surface area contributed by atoms with Gasteiger partial charge in [0.15, 0.2) is 5.88 Å². The Morgan fingerprint density at radius 2 is 1.45 bits per heavy atom. The molecule has 235 valence electrons. The Hall–Kier alpha value is -4.61. The van der Waals surface area contributed by atoms with Crippen LogP contribution in [0.25, 0.3) is 33.5 Å². The van der Waals surface area contributed by atoms with Crippen molar-refractivity contribution in [3.05, 3.63) is 150 Å². The Kier molecular flexibility index (Phi) is 9.11. The number of nitrogens with zero attached hydrogens (tertiary/aromatic N) is 3. The molecule has 3 aromatic heterocycles. The molecule has 47 heavy (non-hydrogen) atoms. The fourth-order valence-electron chi connectivity index (χ4n) is 6.23. The molecule has 0 unspecified atom stereocenters. The van der Waals surface area contributed by atoms with E-state index >= 15 is 0 Å². The Bertz CT molecular complexity index is 2160. The van der Waals surface area contributed by atoms with Crippen LogP contribution in [0.4, 0.5) is 17.3 Å². The van der Waals surface area contributed by atoms with Crippen molar-refractivity contribution in [1.82, 2.24) is 9.97 Å². The zero-order valence-corrected chi connectivity index (χ0v) is 30.5. The van der Waals surface area contributed by atoms with E-state index in [9.17, 15) is 0 Å². The van der Waals surface area contributed by atoms with Crippen LogP contribution in [0.1, 0.15) is 16.7 Å². The molecule has 0 amide bonds. The minimum Gasteiger partial charge on any atom is -0.460 e. The van der Waals surface area contributed by atoms with Gasteiger partial charge in [-0.2, -0.15) is 0 Å². The third-order valence-electron chi connectivity index (χ3n) is 8.82. The summed E-state index contributed by atoms with van der Waals surface area (Å²) in [5.74, 6) is 0.925. The molecule has 4 nitrogen and oxygen atoms in total. The van der Waals surface area contributed by atoms with Gasteiger partial charge in [-0.25, -0.2) is 0 Å². The summed E-state index contributed by atoms with van der Waals surface area (Å²) >= 11 is 0. The fraction of sp³-hybridized carbons (Fsp3) is 0.122. The molecule has 8 rings (SSSR count). The van der Waals surface area contributed by atoms with Gasteiger partial charge in [-0.05, 0) is 71.9 Å². The van der Waals surface area contributed by atoms with Gasteiger partial charge in [0.1, 0.15) is 8.07 Å². The van der Waals surface area contributed by atoms with Crippen LogP contribution in [-0.4, -0.2) is 18.0 Å². The Labute approximate surface area is 291 Å². The van der Waals surface area contributed by atoms with Gasteiger partial charge >= 0.3 is 0 Å². The molecule has 4 aromatic carbocycles. The molecule has 1 aliphatic rings. The van der Waals surface area contributed by atoms with Crippen molar-refractivity contribution in [2.75, 3.05) is 4.90 Å². The number of hydrogen-bond donors (Lipinski definition) is 0. The second-order valence-electron chi connectivity index (χ2n) is 12.3. The Morgan fingerprint density at radius 3 is 2.17 bits per heavy atom. The number of benzene rings is 4.